The Kier molecular flexibility index (Phi) is 5.49. The first-order valence-corrected chi connectivity index (χ1v) is 8.63. The van der Waals surface area contributed by atoms with Crippen molar-refractivity contribution in [2.45, 2.75) is 25.9 Å². The number of rotatable bonds is 6. The number of aliphatic hydroxyl groups excluding tert-OH is 1. The van der Waals surface area contributed by atoms with Gasteiger partial charge >= 0.3 is 0 Å². The quantitative estimate of drug-likeness (QED) is 0.706. The topological polar surface area (TPSA) is 75.4 Å². The van der Waals surface area contributed by atoms with Crippen molar-refractivity contribution >= 4 is 5.91 Å². The van der Waals surface area contributed by atoms with Crippen LogP contribution in [-0.2, 0) is 0 Å². The Labute approximate surface area is 152 Å². The zero-order valence-electron chi connectivity index (χ0n) is 14.8. The smallest absolute Gasteiger partial charge is 0.273 e. The molecule has 26 heavy (non-hydrogen) atoms. The van der Waals surface area contributed by atoms with E-state index >= 15 is 0 Å². The van der Waals surface area contributed by atoms with Crippen molar-refractivity contribution in [2.75, 3.05) is 6.54 Å². The van der Waals surface area contributed by atoms with Crippen molar-refractivity contribution in [1.29, 1.82) is 0 Å². The van der Waals surface area contributed by atoms with Crippen LogP contribution < -0.4 is 5.32 Å². The van der Waals surface area contributed by atoms with Crippen molar-refractivity contribution < 1.29 is 14.4 Å². The number of aliphatic hydroxyl groups is 1. The number of amides is 1. The monoisotopic (exact) mass is 350 g/mol. The Bertz CT molecular complexity index is 854. The van der Waals surface area contributed by atoms with Crippen molar-refractivity contribution in [3.63, 3.8) is 0 Å². The molecule has 0 spiro atoms. The maximum Gasteiger partial charge on any atom is 0.273 e. The van der Waals surface area contributed by atoms with Crippen LogP contribution in [0, 0.1) is 0 Å². The third kappa shape index (κ3) is 4.18. The Balaban J connectivity index is 1.59. The van der Waals surface area contributed by atoms with Crippen LogP contribution in [0.15, 0.2) is 65.2 Å². The normalized spacial score (nSPS) is 12.2. The van der Waals surface area contributed by atoms with Gasteiger partial charge in [0.1, 0.15) is 0 Å². The van der Waals surface area contributed by atoms with Crippen LogP contribution in [0.2, 0.25) is 0 Å². The molecule has 2 aromatic carbocycles. The summed E-state index contributed by atoms with van der Waals surface area (Å²) in [7, 11) is 0. The lowest BCUT2D eigenvalue weighted by Crippen LogP contribution is -2.28. The standard InChI is InChI=1S/C21H22N2O3/c1-14(2)15-8-10-16(11-9-15)19(24)13-22-21(25)18-12-20(26-23-18)17-6-4-3-5-7-17/h3-12,14,19,24H,13H2,1-2H3,(H,22,25). The molecule has 1 amide bonds. The molecule has 0 bridgehead atoms. The first kappa shape index (κ1) is 17.9. The SMILES string of the molecule is CC(C)c1ccc(C(O)CNC(=O)c2cc(-c3ccccc3)on2)cc1. The molecule has 1 aromatic heterocycles. The average molecular weight is 350 g/mol. The zero-order chi connectivity index (χ0) is 18.5. The number of nitrogens with zero attached hydrogens (tertiary/aromatic N) is 1. The number of nitrogens with one attached hydrogen (secondary N) is 1. The van der Waals surface area contributed by atoms with Gasteiger partial charge in [0, 0.05) is 18.2 Å². The third-order valence-electron chi connectivity index (χ3n) is 4.24. The Morgan fingerprint density at radius 1 is 1.08 bits per heavy atom. The highest BCUT2D eigenvalue weighted by Crippen LogP contribution is 2.20. The molecular formula is C21H22N2O3. The van der Waals surface area contributed by atoms with Crippen LogP contribution in [-0.4, -0.2) is 22.7 Å². The highest BCUT2D eigenvalue weighted by atomic mass is 16.5. The molecule has 0 radical (unpaired) electrons. The van der Waals surface area contributed by atoms with Gasteiger partial charge in [-0.1, -0.05) is 73.6 Å². The van der Waals surface area contributed by atoms with Crippen LogP contribution in [0.4, 0.5) is 0 Å². The summed E-state index contributed by atoms with van der Waals surface area (Å²) in [5.74, 6) is 0.584. The molecule has 0 fully saturated rings. The second-order valence-corrected chi connectivity index (χ2v) is 6.49. The van der Waals surface area contributed by atoms with E-state index in [1.807, 2.05) is 54.6 Å². The fourth-order valence-electron chi connectivity index (χ4n) is 2.62. The summed E-state index contributed by atoms with van der Waals surface area (Å²) in [6.45, 7) is 4.34. The molecule has 5 heteroatoms. The van der Waals surface area contributed by atoms with E-state index in [4.69, 9.17) is 4.52 Å². The van der Waals surface area contributed by atoms with Gasteiger partial charge < -0.3 is 14.9 Å². The Hall–Kier alpha value is -2.92. The fourth-order valence-corrected chi connectivity index (χ4v) is 2.62. The molecule has 1 heterocycles. The van der Waals surface area contributed by atoms with Gasteiger partial charge in [-0.2, -0.15) is 0 Å². The van der Waals surface area contributed by atoms with Gasteiger partial charge in [0.25, 0.3) is 5.91 Å². The minimum Gasteiger partial charge on any atom is -0.387 e. The minimum atomic E-state index is -0.777. The van der Waals surface area contributed by atoms with E-state index < -0.39 is 6.10 Å². The molecule has 1 atom stereocenters. The first-order valence-electron chi connectivity index (χ1n) is 8.63. The molecule has 3 aromatic rings. The van der Waals surface area contributed by atoms with E-state index in [0.717, 1.165) is 11.1 Å². The predicted octanol–water partition coefficient (Wildman–Crippen LogP) is 3.93. The van der Waals surface area contributed by atoms with Gasteiger partial charge in [0.15, 0.2) is 11.5 Å². The Morgan fingerprint density at radius 3 is 2.38 bits per heavy atom. The van der Waals surface area contributed by atoms with Gasteiger partial charge in [-0.15, -0.1) is 0 Å². The van der Waals surface area contributed by atoms with E-state index in [0.29, 0.717) is 11.7 Å². The third-order valence-corrected chi connectivity index (χ3v) is 4.24. The molecule has 0 aliphatic rings. The zero-order valence-corrected chi connectivity index (χ0v) is 14.8. The van der Waals surface area contributed by atoms with Gasteiger partial charge in [-0.05, 0) is 17.0 Å². The second kappa shape index (κ2) is 7.97. The van der Waals surface area contributed by atoms with Crippen LogP contribution in [0.25, 0.3) is 11.3 Å². The molecule has 1 unspecified atom stereocenters. The van der Waals surface area contributed by atoms with Gasteiger partial charge in [0.2, 0.25) is 0 Å². The average Bonchev–Trinajstić information content (AvgIpc) is 3.17. The van der Waals surface area contributed by atoms with Crippen molar-refractivity contribution in [3.8, 4) is 11.3 Å². The minimum absolute atomic E-state index is 0.105. The molecule has 5 nitrogen and oxygen atoms in total. The first-order chi connectivity index (χ1) is 12.5. The number of hydrogen-bond acceptors (Lipinski definition) is 4. The summed E-state index contributed by atoms with van der Waals surface area (Å²) in [6, 6.07) is 18.8. The van der Waals surface area contributed by atoms with Crippen LogP contribution in [0.5, 0.6) is 0 Å². The molecule has 0 saturated carbocycles. The van der Waals surface area contributed by atoms with Crippen molar-refractivity contribution in [1.82, 2.24) is 10.5 Å². The molecular weight excluding hydrogens is 328 g/mol. The number of carbonyl (C=O) groups excluding carboxylic acids is 1. The lowest BCUT2D eigenvalue weighted by molar-refractivity contribution is 0.0907. The van der Waals surface area contributed by atoms with Gasteiger partial charge in [-0.3, -0.25) is 4.79 Å². The van der Waals surface area contributed by atoms with Gasteiger partial charge in [0.05, 0.1) is 6.10 Å². The summed E-state index contributed by atoms with van der Waals surface area (Å²) in [5, 5.41) is 16.8. The molecule has 3 rings (SSSR count). The number of carbonyl (C=O) groups is 1. The summed E-state index contributed by atoms with van der Waals surface area (Å²) >= 11 is 0. The van der Waals surface area contributed by atoms with Crippen molar-refractivity contribution in [3.05, 3.63) is 77.5 Å². The maximum atomic E-state index is 12.2. The van der Waals surface area contributed by atoms with Crippen molar-refractivity contribution in [2.24, 2.45) is 0 Å². The van der Waals surface area contributed by atoms with Crippen LogP contribution in [0.3, 0.4) is 0 Å². The Morgan fingerprint density at radius 2 is 1.73 bits per heavy atom. The maximum absolute atomic E-state index is 12.2. The highest BCUT2D eigenvalue weighted by molar-refractivity contribution is 5.93. The summed E-state index contributed by atoms with van der Waals surface area (Å²) in [6.07, 6.45) is -0.777. The molecule has 0 aliphatic carbocycles. The largest absolute Gasteiger partial charge is 0.387 e. The number of aromatic nitrogens is 1. The van der Waals surface area contributed by atoms with Crippen LogP contribution >= 0.6 is 0 Å². The van der Waals surface area contributed by atoms with E-state index in [-0.39, 0.29) is 18.1 Å². The summed E-state index contributed by atoms with van der Waals surface area (Å²) in [5.41, 5.74) is 3.01. The number of benzene rings is 2. The molecule has 0 saturated heterocycles. The second-order valence-electron chi connectivity index (χ2n) is 6.49. The van der Waals surface area contributed by atoms with E-state index in [1.54, 1.807) is 6.07 Å². The van der Waals surface area contributed by atoms with Gasteiger partial charge in [-0.25, -0.2) is 0 Å². The van der Waals surface area contributed by atoms with E-state index in [1.165, 1.54) is 5.56 Å². The van der Waals surface area contributed by atoms with E-state index in [9.17, 15) is 9.90 Å². The summed E-state index contributed by atoms with van der Waals surface area (Å²) in [4.78, 5) is 12.2. The lowest BCUT2D eigenvalue weighted by Gasteiger charge is -2.13. The number of hydrogen-bond donors (Lipinski definition) is 2. The predicted molar refractivity (Wildman–Crippen MR) is 99.8 cm³/mol. The lowest BCUT2D eigenvalue weighted by atomic mass is 10.00. The highest BCUT2D eigenvalue weighted by Gasteiger charge is 2.15. The molecule has 2 N–H and O–H groups in total. The molecule has 134 valence electrons. The van der Waals surface area contributed by atoms with Crippen LogP contribution in [0.1, 0.15) is 47.5 Å². The molecule has 0 aliphatic heterocycles. The summed E-state index contributed by atoms with van der Waals surface area (Å²) < 4.78 is 5.23. The van der Waals surface area contributed by atoms with E-state index in [2.05, 4.69) is 24.3 Å². The fraction of sp³-hybridized carbons (Fsp3) is 0.238.